The first kappa shape index (κ1) is 21.9. The zero-order valence-electron chi connectivity index (χ0n) is 18.7. The molecule has 1 amide bonds. The lowest BCUT2D eigenvalue weighted by Gasteiger charge is -2.27. The third-order valence-corrected chi connectivity index (χ3v) is 6.29. The largest absolute Gasteiger partial charge is 0.462 e. The van der Waals surface area contributed by atoms with Crippen molar-refractivity contribution in [2.75, 3.05) is 11.5 Å². The summed E-state index contributed by atoms with van der Waals surface area (Å²) in [5, 5.41) is 8.01. The fourth-order valence-electron chi connectivity index (χ4n) is 4.31. The number of esters is 1. The lowest BCUT2D eigenvalue weighted by molar-refractivity contribution is 0.0526. The molecule has 1 N–H and O–H groups in total. The Morgan fingerprint density at radius 2 is 1.76 bits per heavy atom. The van der Waals surface area contributed by atoms with Crippen LogP contribution in [0.25, 0.3) is 11.3 Å². The zero-order chi connectivity index (χ0) is 23.8. The molecule has 1 atom stereocenters. The van der Waals surface area contributed by atoms with Crippen molar-refractivity contribution in [2.24, 2.45) is 0 Å². The summed E-state index contributed by atoms with van der Waals surface area (Å²) in [6.07, 6.45) is 0. The van der Waals surface area contributed by atoms with E-state index in [0.29, 0.717) is 34.3 Å². The van der Waals surface area contributed by atoms with Crippen LogP contribution in [0.1, 0.15) is 50.5 Å². The minimum absolute atomic E-state index is 0.213. The molecule has 0 bridgehead atoms. The van der Waals surface area contributed by atoms with Crippen LogP contribution in [0.5, 0.6) is 0 Å². The maximum absolute atomic E-state index is 13.6. The highest BCUT2D eigenvalue weighted by atomic mass is 35.5. The molecule has 1 aliphatic heterocycles. The lowest BCUT2D eigenvalue weighted by Crippen LogP contribution is -2.29. The molecule has 2 heterocycles. The summed E-state index contributed by atoms with van der Waals surface area (Å²) in [6, 6.07) is 21.9. The van der Waals surface area contributed by atoms with Gasteiger partial charge in [0, 0.05) is 21.8 Å². The van der Waals surface area contributed by atoms with Gasteiger partial charge in [-0.05, 0) is 49.7 Å². The summed E-state index contributed by atoms with van der Waals surface area (Å²) in [6.45, 7) is 4.08. The van der Waals surface area contributed by atoms with Crippen LogP contribution in [-0.4, -0.2) is 28.7 Å². The minimum Gasteiger partial charge on any atom is -0.462 e. The quantitative estimate of drug-likeness (QED) is 0.364. The topological polar surface area (TPSA) is 75.3 Å². The number of carbonyl (C=O) groups is 2. The standard InChI is InChI=1S/C27H22ClN3O3/c1-3-34-27(33)18-12-14-19(15-13-18)31-25(20-6-4-5-7-21(20)28)22-23(29-30-24(22)26(31)32)17-10-8-16(2)9-11-17/h4-15,25H,3H2,1-2H3,(H,29,30). The van der Waals surface area contributed by atoms with Gasteiger partial charge in [0.15, 0.2) is 0 Å². The fourth-order valence-corrected chi connectivity index (χ4v) is 4.55. The van der Waals surface area contributed by atoms with E-state index >= 15 is 0 Å². The number of ether oxygens (including phenoxy) is 1. The number of aromatic nitrogens is 2. The summed E-state index contributed by atoms with van der Waals surface area (Å²) < 4.78 is 5.08. The van der Waals surface area contributed by atoms with E-state index in [9.17, 15) is 9.59 Å². The second-order valence-corrected chi connectivity index (χ2v) is 8.50. The molecule has 170 valence electrons. The second-order valence-electron chi connectivity index (χ2n) is 8.09. The molecule has 0 radical (unpaired) electrons. The van der Waals surface area contributed by atoms with Crippen molar-refractivity contribution in [1.82, 2.24) is 10.2 Å². The number of hydrogen-bond donors (Lipinski definition) is 1. The van der Waals surface area contributed by atoms with Gasteiger partial charge in [-0.15, -0.1) is 0 Å². The molecule has 0 saturated carbocycles. The van der Waals surface area contributed by atoms with Crippen LogP contribution in [-0.2, 0) is 4.74 Å². The van der Waals surface area contributed by atoms with Crippen LogP contribution in [0.3, 0.4) is 0 Å². The van der Waals surface area contributed by atoms with E-state index in [-0.39, 0.29) is 5.91 Å². The lowest BCUT2D eigenvalue weighted by atomic mass is 9.95. The summed E-state index contributed by atoms with van der Waals surface area (Å²) in [5.74, 6) is -0.616. The van der Waals surface area contributed by atoms with Crippen molar-refractivity contribution in [3.05, 3.63) is 106 Å². The Kier molecular flexibility index (Phi) is 5.67. The number of fused-ring (bicyclic) bond motifs is 1. The molecule has 1 aliphatic rings. The zero-order valence-corrected chi connectivity index (χ0v) is 19.5. The smallest absolute Gasteiger partial charge is 0.338 e. The van der Waals surface area contributed by atoms with Gasteiger partial charge in [-0.3, -0.25) is 14.8 Å². The van der Waals surface area contributed by atoms with E-state index in [1.807, 2.05) is 55.5 Å². The van der Waals surface area contributed by atoms with Gasteiger partial charge >= 0.3 is 5.97 Å². The average Bonchev–Trinajstić information content (AvgIpc) is 3.39. The van der Waals surface area contributed by atoms with E-state index < -0.39 is 12.0 Å². The molecule has 34 heavy (non-hydrogen) atoms. The summed E-state index contributed by atoms with van der Waals surface area (Å²) in [5.41, 5.74) is 5.81. The van der Waals surface area contributed by atoms with Crippen LogP contribution in [0.4, 0.5) is 5.69 Å². The highest BCUT2D eigenvalue weighted by molar-refractivity contribution is 6.31. The number of halogens is 1. The van der Waals surface area contributed by atoms with Gasteiger partial charge in [-0.1, -0.05) is 59.6 Å². The highest BCUT2D eigenvalue weighted by Crippen LogP contribution is 2.46. The van der Waals surface area contributed by atoms with Crippen LogP contribution in [0.2, 0.25) is 5.02 Å². The van der Waals surface area contributed by atoms with Gasteiger partial charge in [-0.25, -0.2) is 4.79 Å². The molecule has 1 unspecified atom stereocenters. The van der Waals surface area contributed by atoms with E-state index in [0.717, 1.165) is 22.3 Å². The maximum Gasteiger partial charge on any atom is 0.338 e. The molecule has 6 nitrogen and oxygen atoms in total. The van der Waals surface area contributed by atoms with Crippen molar-refractivity contribution < 1.29 is 14.3 Å². The normalized spacial score (nSPS) is 14.9. The van der Waals surface area contributed by atoms with Crippen molar-refractivity contribution >= 4 is 29.2 Å². The molecule has 5 rings (SSSR count). The summed E-state index contributed by atoms with van der Waals surface area (Å²) in [7, 11) is 0. The van der Waals surface area contributed by atoms with Crippen molar-refractivity contribution in [2.45, 2.75) is 19.9 Å². The number of benzene rings is 3. The van der Waals surface area contributed by atoms with Crippen LogP contribution in [0.15, 0.2) is 72.8 Å². The van der Waals surface area contributed by atoms with Gasteiger partial charge in [-0.2, -0.15) is 5.10 Å². The molecule has 3 aromatic carbocycles. The molecule has 0 fully saturated rings. The van der Waals surface area contributed by atoms with Crippen molar-refractivity contribution in [3.8, 4) is 11.3 Å². The van der Waals surface area contributed by atoms with Crippen molar-refractivity contribution in [3.63, 3.8) is 0 Å². The monoisotopic (exact) mass is 471 g/mol. The molecule has 7 heteroatoms. The van der Waals surface area contributed by atoms with Crippen LogP contribution < -0.4 is 4.90 Å². The van der Waals surface area contributed by atoms with Gasteiger partial charge in [0.1, 0.15) is 5.69 Å². The Morgan fingerprint density at radius 3 is 2.44 bits per heavy atom. The average molecular weight is 472 g/mol. The predicted octanol–water partition coefficient (Wildman–Crippen LogP) is 5.97. The second kappa shape index (κ2) is 8.80. The molecule has 0 saturated heterocycles. The third-order valence-electron chi connectivity index (χ3n) is 5.95. The number of rotatable bonds is 5. The number of aromatic amines is 1. The summed E-state index contributed by atoms with van der Waals surface area (Å²) >= 11 is 6.63. The number of H-pyrrole nitrogens is 1. The predicted molar refractivity (Wildman–Crippen MR) is 131 cm³/mol. The van der Waals surface area contributed by atoms with Crippen LogP contribution in [0, 0.1) is 6.92 Å². The first-order chi connectivity index (χ1) is 16.5. The fraction of sp³-hybridized carbons (Fsp3) is 0.148. The Balaban J connectivity index is 1.65. The number of carbonyl (C=O) groups excluding carboxylic acids is 2. The molecular weight excluding hydrogens is 450 g/mol. The maximum atomic E-state index is 13.6. The Morgan fingerprint density at radius 1 is 1.06 bits per heavy atom. The van der Waals surface area contributed by atoms with E-state index in [1.165, 1.54) is 0 Å². The number of nitrogens with zero attached hydrogens (tertiary/aromatic N) is 2. The van der Waals surface area contributed by atoms with Gasteiger partial charge in [0.25, 0.3) is 5.91 Å². The number of anilines is 1. The molecular formula is C27H22ClN3O3. The van der Waals surface area contributed by atoms with Gasteiger partial charge in [0.05, 0.1) is 23.9 Å². The molecule has 4 aromatic rings. The Bertz CT molecular complexity index is 1380. The van der Waals surface area contributed by atoms with Crippen molar-refractivity contribution in [1.29, 1.82) is 0 Å². The van der Waals surface area contributed by atoms with E-state index in [2.05, 4.69) is 10.2 Å². The number of hydrogen-bond acceptors (Lipinski definition) is 4. The SMILES string of the molecule is CCOC(=O)c1ccc(N2C(=O)c3[nH]nc(-c4ccc(C)cc4)c3C2c2ccccc2Cl)cc1. The van der Waals surface area contributed by atoms with E-state index in [4.69, 9.17) is 16.3 Å². The number of aryl methyl sites for hydroxylation is 1. The van der Waals surface area contributed by atoms with Gasteiger partial charge < -0.3 is 4.74 Å². The molecule has 1 aromatic heterocycles. The summed E-state index contributed by atoms with van der Waals surface area (Å²) in [4.78, 5) is 27.4. The van der Waals surface area contributed by atoms with Gasteiger partial charge in [0.2, 0.25) is 0 Å². The first-order valence-electron chi connectivity index (χ1n) is 11.0. The Labute approximate surface area is 202 Å². The Hall–Kier alpha value is -3.90. The third kappa shape index (κ3) is 3.66. The molecule has 0 aliphatic carbocycles. The van der Waals surface area contributed by atoms with E-state index in [1.54, 1.807) is 36.1 Å². The highest BCUT2D eigenvalue weighted by Gasteiger charge is 2.43. The minimum atomic E-state index is -0.486. The number of nitrogens with one attached hydrogen (secondary N) is 1. The number of amides is 1. The van der Waals surface area contributed by atoms with Crippen LogP contribution >= 0.6 is 11.6 Å². The molecule has 0 spiro atoms. The first-order valence-corrected chi connectivity index (χ1v) is 11.4.